The Labute approximate surface area is 163 Å². The van der Waals surface area contributed by atoms with Crippen molar-refractivity contribution in [3.05, 3.63) is 76.9 Å². The van der Waals surface area contributed by atoms with Crippen LogP contribution in [0, 0.1) is 10.7 Å². The molecule has 0 fully saturated rings. The van der Waals surface area contributed by atoms with Gasteiger partial charge in [-0.25, -0.2) is 4.79 Å². The molecule has 3 aromatic rings. The van der Waals surface area contributed by atoms with Gasteiger partial charge in [0.25, 0.3) is 0 Å². The van der Waals surface area contributed by atoms with Crippen molar-refractivity contribution in [3.8, 4) is 28.4 Å². The molecule has 3 aromatic carbocycles. The summed E-state index contributed by atoms with van der Waals surface area (Å²) in [6.45, 7) is 0. The van der Waals surface area contributed by atoms with Gasteiger partial charge in [-0.2, -0.15) is 5.26 Å². The number of fused-ring (bicyclic) bond motifs is 6. The summed E-state index contributed by atoms with van der Waals surface area (Å²) in [5, 5.41) is 30.9. The predicted molar refractivity (Wildman–Crippen MR) is 99.5 cm³/mol. The van der Waals surface area contributed by atoms with E-state index < -0.39 is 11.6 Å². The molecule has 0 radical (unpaired) electrons. The number of rotatable bonds is 1. The first-order valence-electron chi connectivity index (χ1n) is 8.32. The normalized spacial score (nSPS) is 15.0. The summed E-state index contributed by atoms with van der Waals surface area (Å²) >= 11 is 0.893. The van der Waals surface area contributed by atoms with Crippen LogP contribution in [-0.2, 0) is 10.3 Å². The van der Waals surface area contributed by atoms with Crippen LogP contribution in [-0.4, -0.2) is 16.2 Å². The maximum Gasteiger partial charge on any atom is 0.341 e. The average Bonchev–Trinajstić information content (AvgIpc) is 2.96. The van der Waals surface area contributed by atoms with E-state index in [2.05, 4.69) is 0 Å². The molecular weight excluding hydrogens is 378 g/mol. The highest BCUT2D eigenvalue weighted by Crippen LogP contribution is 2.57. The van der Waals surface area contributed by atoms with E-state index in [1.54, 1.807) is 30.3 Å². The van der Waals surface area contributed by atoms with Crippen LogP contribution in [0.15, 0.2) is 59.5 Å². The van der Waals surface area contributed by atoms with Crippen LogP contribution in [0.1, 0.15) is 27.0 Å². The zero-order valence-corrected chi connectivity index (χ0v) is 15.0. The molecule has 0 bridgehead atoms. The molecule has 1 spiro atoms. The molecule has 2 N–H and O–H groups in total. The highest BCUT2D eigenvalue weighted by molar-refractivity contribution is 8.03. The summed E-state index contributed by atoms with van der Waals surface area (Å²) in [6, 6.07) is 14.4. The SMILES string of the molecule is N#CSc1cccc2c1C(=O)OC21c2ccc(O)cc2Oc2cc(O)ccc21. The molecule has 0 unspecified atom stereocenters. The van der Waals surface area contributed by atoms with Crippen molar-refractivity contribution in [2.45, 2.75) is 10.5 Å². The number of nitrogens with zero attached hydrogens (tertiary/aromatic N) is 1. The van der Waals surface area contributed by atoms with Gasteiger partial charge in [0.05, 0.1) is 5.56 Å². The molecule has 7 heteroatoms. The second-order valence-electron chi connectivity index (χ2n) is 6.41. The van der Waals surface area contributed by atoms with E-state index in [9.17, 15) is 15.0 Å². The van der Waals surface area contributed by atoms with Crippen LogP contribution in [0.2, 0.25) is 0 Å². The standard InChI is InChI=1S/C21H11NO5S/c22-10-28-18-3-1-2-15-19(18)20(25)27-21(15)13-6-4-11(23)8-16(13)26-17-9-12(24)5-7-14(17)21/h1-9,23-24H. The molecule has 6 nitrogen and oxygen atoms in total. The highest BCUT2D eigenvalue weighted by Gasteiger charge is 2.54. The number of esters is 1. The zero-order valence-electron chi connectivity index (χ0n) is 14.2. The predicted octanol–water partition coefficient (Wildman–Crippen LogP) is 4.24. The maximum absolute atomic E-state index is 12.9. The number of benzene rings is 3. The van der Waals surface area contributed by atoms with E-state index in [1.807, 2.05) is 5.40 Å². The van der Waals surface area contributed by atoms with Gasteiger partial charge in [-0.3, -0.25) is 0 Å². The van der Waals surface area contributed by atoms with Crippen LogP contribution < -0.4 is 4.74 Å². The maximum atomic E-state index is 12.9. The molecule has 0 saturated carbocycles. The molecule has 0 saturated heterocycles. The molecule has 2 aliphatic rings. The van der Waals surface area contributed by atoms with Crippen LogP contribution in [0.4, 0.5) is 0 Å². The van der Waals surface area contributed by atoms with Gasteiger partial charge in [-0.05, 0) is 42.1 Å². The molecule has 28 heavy (non-hydrogen) atoms. The van der Waals surface area contributed by atoms with E-state index in [0.717, 1.165) is 11.8 Å². The number of phenolic OH excluding ortho intramolecular Hbond substituents is 2. The van der Waals surface area contributed by atoms with Crippen molar-refractivity contribution in [2.24, 2.45) is 0 Å². The van der Waals surface area contributed by atoms with Crippen LogP contribution in [0.25, 0.3) is 0 Å². The van der Waals surface area contributed by atoms with Gasteiger partial charge < -0.3 is 19.7 Å². The van der Waals surface area contributed by atoms with Gasteiger partial charge in [0.2, 0.25) is 0 Å². The Bertz CT molecular complexity index is 1160. The second kappa shape index (κ2) is 5.68. The quantitative estimate of drug-likeness (QED) is 0.365. The van der Waals surface area contributed by atoms with E-state index in [-0.39, 0.29) is 11.5 Å². The molecule has 2 aliphatic heterocycles. The van der Waals surface area contributed by atoms with Gasteiger partial charge in [0.1, 0.15) is 28.4 Å². The average molecular weight is 389 g/mol. The number of ether oxygens (including phenoxy) is 2. The second-order valence-corrected chi connectivity index (χ2v) is 7.23. The van der Waals surface area contributed by atoms with Crippen molar-refractivity contribution < 1.29 is 24.5 Å². The number of aromatic hydroxyl groups is 2. The number of carbonyl (C=O) groups excluding carboxylic acids is 1. The lowest BCUT2D eigenvalue weighted by Gasteiger charge is -2.36. The summed E-state index contributed by atoms with van der Waals surface area (Å²) in [4.78, 5) is 13.4. The lowest BCUT2D eigenvalue weighted by molar-refractivity contribution is 0.0222. The largest absolute Gasteiger partial charge is 0.508 e. The Hall–Kier alpha value is -3.63. The van der Waals surface area contributed by atoms with Crippen molar-refractivity contribution in [1.29, 1.82) is 5.26 Å². The van der Waals surface area contributed by atoms with Crippen molar-refractivity contribution in [3.63, 3.8) is 0 Å². The van der Waals surface area contributed by atoms with Crippen molar-refractivity contribution in [2.75, 3.05) is 0 Å². The van der Waals surface area contributed by atoms with Crippen LogP contribution >= 0.6 is 11.8 Å². The molecule has 0 aliphatic carbocycles. The van der Waals surface area contributed by atoms with Gasteiger partial charge in [0, 0.05) is 33.7 Å². The molecule has 0 aromatic heterocycles. The van der Waals surface area contributed by atoms with Gasteiger partial charge in [-0.1, -0.05) is 12.1 Å². The van der Waals surface area contributed by atoms with Gasteiger partial charge in [0.15, 0.2) is 5.60 Å². The number of phenols is 2. The zero-order chi connectivity index (χ0) is 19.5. The molecular formula is C21H11NO5S. The molecule has 136 valence electrons. The fraction of sp³-hybridized carbons (Fsp3) is 0.0476. The smallest absolute Gasteiger partial charge is 0.341 e. The van der Waals surface area contributed by atoms with Crippen LogP contribution in [0.5, 0.6) is 23.0 Å². The van der Waals surface area contributed by atoms with Crippen molar-refractivity contribution in [1.82, 2.24) is 0 Å². The molecule has 5 rings (SSSR count). The number of nitriles is 1. The number of carbonyl (C=O) groups is 1. The monoisotopic (exact) mass is 389 g/mol. The van der Waals surface area contributed by atoms with E-state index in [1.165, 1.54) is 24.3 Å². The minimum Gasteiger partial charge on any atom is -0.508 e. The summed E-state index contributed by atoms with van der Waals surface area (Å²) < 4.78 is 11.9. The fourth-order valence-corrected chi connectivity index (χ4v) is 4.39. The van der Waals surface area contributed by atoms with E-state index in [4.69, 9.17) is 14.7 Å². The number of thiocyanates is 1. The Morgan fingerprint density at radius 3 is 2.18 bits per heavy atom. The summed E-state index contributed by atoms with van der Waals surface area (Å²) in [5.74, 6) is 0.0779. The summed E-state index contributed by atoms with van der Waals surface area (Å²) in [5.41, 5.74) is 0.710. The number of hydrogen-bond acceptors (Lipinski definition) is 7. The third-order valence-corrected chi connectivity index (χ3v) is 5.57. The minimum absolute atomic E-state index is 0.00385. The van der Waals surface area contributed by atoms with E-state index in [0.29, 0.717) is 38.6 Å². The Balaban J connectivity index is 1.89. The van der Waals surface area contributed by atoms with Gasteiger partial charge >= 0.3 is 5.97 Å². The molecule has 0 atom stereocenters. The summed E-state index contributed by atoms with van der Waals surface area (Å²) in [7, 11) is 0. The fourth-order valence-electron chi connectivity index (χ4n) is 3.85. The minimum atomic E-state index is -1.30. The lowest BCUT2D eigenvalue weighted by atomic mass is 9.77. The Morgan fingerprint density at radius 2 is 1.57 bits per heavy atom. The van der Waals surface area contributed by atoms with E-state index >= 15 is 0 Å². The highest BCUT2D eigenvalue weighted by atomic mass is 32.2. The first-order valence-corrected chi connectivity index (χ1v) is 9.14. The lowest BCUT2D eigenvalue weighted by Crippen LogP contribution is -2.32. The summed E-state index contributed by atoms with van der Waals surface area (Å²) in [6.07, 6.45) is 0. The van der Waals surface area contributed by atoms with Crippen LogP contribution in [0.3, 0.4) is 0 Å². The first kappa shape index (κ1) is 16.5. The molecule has 2 heterocycles. The topological polar surface area (TPSA) is 99.8 Å². The molecule has 0 amide bonds. The van der Waals surface area contributed by atoms with Gasteiger partial charge in [-0.15, -0.1) is 0 Å². The first-order chi connectivity index (χ1) is 13.5. The number of thioether (sulfide) groups is 1. The third-order valence-electron chi connectivity index (χ3n) is 4.92. The Kier molecular flexibility index (Phi) is 3.36. The van der Waals surface area contributed by atoms with Crippen molar-refractivity contribution >= 4 is 17.7 Å². The Morgan fingerprint density at radius 1 is 0.929 bits per heavy atom. The number of hydrogen-bond donors (Lipinski definition) is 2. The third kappa shape index (κ3) is 2.06.